The predicted molar refractivity (Wildman–Crippen MR) is 38.5 cm³/mol. The predicted octanol–water partition coefficient (Wildman–Crippen LogP) is 0.502. The second kappa shape index (κ2) is 2.86. The van der Waals surface area contributed by atoms with Gasteiger partial charge in [-0.15, -0.1) is 0 Å². The molecule has 0 aromatic carbocycles. The minimum Gasteiger partial charge on any atom is -0.391 e. The van der Waals surface area contributed by atoms with Crippen molar-refractivity contribution in [2.45, 2.75) is 39.1 Å². The summed E-state index contributed by atoms with van der Waals surface area (Å²) in [6, 6.07) is 0. The van der Waals surface area contributed by atoms with Crippen LogP contribution < -0.4 is 0 Å². The van der Waals surface area contributed by atoms with E-state index in [1.54, 1.807) is 0 Å². The number of hydrogen-bond acceptors (Lipinski definition) is 3. The van der Waals surface area contributed by atoms with Gasteiger partial charge in [0.25, 0.3) is 0 Å². The summed E-state index contributed by atoms with van der Waals surface area (Å²) >= 11 is 0. The van der Waals surface area contributed by atoms with Crippen molar-refractivity contribution in [3.63, 3.8) is 0 Å². The summed E-state index contributed by atoms with van der Waals surface area (Å²) in [6.45, 7) is 6.49. The van der Waals surface area contributed by atoms with E-state index in [4.69, 9.17) is 9.84 Å². The van der Waals surface area contributed by atoms with Gasteiger partial charge >= 0.3 is 0 Å². The lowest BCUT2D eigenvalue weighted by Crippen LogP contribution is -2.40. The van der Waals surface area contributed by atoms with Crippen molar-refractivity contribution in [1.82, 2.24) is 0 Å². The first-order valence-electron chi connectivity index (χ1n) is 3.30. The van der Waals surface area contributed by atoms with Gasteiger partial charge in [-0.1, -0.05) is 0 Å². The van der Waals surface area contributed by atoms with Crippen LogP contribution in [-0.4, -0.2) is 28.2 Å². The van der Waals surface area contributed by atoms with Crippen LogP contribution >= 0.6 is 0 Å². The molecule has 0 saturated carbocycles. The largest absolute Gasteiger partial charge is 0.391 e. The van der Waals surface area contributed by atoms with Gasteiger partial charge in [0.1, 0.15) is 0 Å². The number of aliphatic hydroxyl groups excluding tert-OH is 1. The van der Waals surface area contributed by atoms with Crippen LogP contribution in [0.1, 0.15) is 27.7 Å². The molecule has 1 unspecified atom stereocenters. The minimum atomic E-state index is -1.42. The van der Waals surface area contributed by atoms with E-state index < -0.39 is 11.4 Å². The average molecular weight is 148 g/mol. The van der Waals surface area contributed by atoms with Gasteiger partial charge in [0.15, 0.2) is 5.79 Å². The van der Waals surface area contributed by atoms with Gasteiger partial charge in [-0.3, -0.25) is 0 Å². The Bertz CT molecular complexity index is 102. The first-order valence-corrected chi connectivity index (χ1v) is 3.30. The van der Waals surface area contributed by atoms with Gasteiger partial charge in [0.2, 0.25) is 0 Å². The SMILES string of the molecule is CC(C)(C)OC(C)(O)CO. The van der Waals surface area contributed by atoms with E-state index in [0.29, 0.717) is 0 Å². The van der Waals surface area contributed by atoms with E-state index in [1.165, 1.54) is 6.92 Å². The van der Waals surface area contributed by atoms with Crippen molar-refractivity contribution >= 4 is 0 Å². The fourth-order valence-electron chi connectivity index (χ4n) is 0.692. The van der Waals surface area contributed by atoms with Crippen molar-refractivity contribution in [2.75, 3.05) is 6.61 Å². The standard InChI is InChI=1S/C7H16O3/c1-6(2,3)10-7(4,9)5-8/h8-9H,5H2,1-4H3. The normalized spacial score (nSPS) is 18.6. The van der Waals surface area contributed by atoms with Gasteiger partial charge in [0.05, 0.1) is 12.2 Å². The summed E-state index contributed by atoms with van der Waals surface area (Å²) in [5, 5.41) is 17.8. The fourth-order valence-corrected chi connectivity index (χ4v) is 0.692. The molecule has 0 aliphatic carbocycles. The summed E-state index contributed by atoms with van der Waals surface area (Å²) in [4.78, 5) is 0. The molecule has 3 nitrogen and oxygen atoms in total. The van der Waals surface area contributed by atoms with Crippen LogP contribution in [-0.2, 0) is 4.74 Å². The number of hydrogen-bond donors (Lipinski definition) is 2. The van der Waals surface area contributed by atoms with E-state index >= 15 is 0 Å². The molecule has 1 atom stereocenters. The Hall–Kier alpha value is -0.120. The number of rotatable bonds is 2. The number of ether oxygens (including phenoxy) is 1. The molecule has 0 rings (SSSR count). The molecule has 0 spiro atoms. The Morgan fingerprint density at radius 1 is 1.20 bits per heavy atom. The zero-order chi connectivity index (χ0) is 8.41. The van der Waals surface area contributed by atoms with Crippen LogP contribution in [0.25, 0.3) is 0 Å². The molecule has 0 fully saturated rings. The van der Waals surface area contributed by atoms with Gasteiger partial charge < -0.3 is 14.9 Å². The fraction of sp³-hybridized carbons (Fsp3) is 1.00. The van der Waals surface area contributed by atoms with Crippen LogP contribution in [0.2, 0.25) is 0 Å². The molecule has 0 aliphatic heterocycles. The van der Waals surface area contributed by atoms with Crippen molar-refractivity contribution in [3.05, 3.63) is 0 Å². The van der Waals surface area contributed by atoms with E-state index in [9.17, 15) is 5.11 Å². The molecule has 0 bridgehead atoms. The van der Waals surface area contributed by atoms with Crippen LogP contribution in [0.15, 0.2) is 0 Å². The molecule has 0 amide bonds. The van der Waals surface area contributed by atoms with Crippen LogP contribution in [0, 0.1) is 0 Å². The van der Waals surface area contributed by atoms with E-state index in [-0.39, 0.29) is 6.61 Å². The van der Waals surface area contributed by atoms with Crippen molar-refractivity contribution in [1.29, 1.82) is 0 Å². The molecule has 0 aliphatic rings. The topological polar surface area (TPSA) is 49.7 Å². The smallest absolute Gasteiger partial charge is 0.186 e. The van der Waals surface area contributed by atoms with Gasteiger partial charge in [0, 0.05) is 0 Å². The maximum Gasteiger partial charge on any atom is 0.186 e. The number of aliphatic hydroxyl groups is 2. The van der Waals surface area contributed by atoms with E-state index in [2.05, 4.69) is 0 Å². The highest BCUT2D eigenvalue weighted by molar-refractivity contribution is 4.66. The zero-order valence-electron chi connectivity index (χ0n) is 7.01. The highest BCUT2D eigenvalue weighted by Crippen LogP contribution is 2.16. The average Bonchev–Trinajstić information content (AvgIpc) is 1.60. The van der Waals surface area contributed by atoms with Crippen LogP contribution in [0.3, 0.4) is 0 Å². The summed E-state index contributed by atoms with van der Waals surface area (Å²) in [6.07, 6.45) is 0. The maximum absolute atomic E-state index is 9.19. The molecule has 0 saturated heterocycles. The molecule has 62 valence electrons. The third-order valence-electron chi connectivity index (χ3n) is 0.819. The van der Waals surface area contributed by atoms with Gasteiger partial charge in [-0.05, 0) is 27.7 Å². The lowest BCUT2D eigenvalue weighted by atomic mass is 10.2. The third kappa shape index (κ3) is 4.73. The molecular weight excluding hydrogens is 132 g/mol. The lowest BCUT2D eigenvalue weighted by Gasteiger charge is -2.30. The van der Waals surface area contributed by atoms with E-state index in [0.717, 1.165) is 0 Å². The Morgan fingerprint density at radius 3 is 1.70 bits per heavy atom. The summed E-state index contributed by atoms with van der Waals surface area (Å²) in [5.74, 6) is -1.42. The first kappa shape index (κ1) is 9.88. The minimum absolute atomic E-state index is 0.385. The highest BCUT2D eigenvalue weighted by atomic mass is 16.6. The molecule has 0 heterocycles. The van der Waals surface area contributed by atoms with E-state index in [1.807, 2.05) is 20.8 Å². The Kier molecular flexibility index (Phi) is 2.83. The summed E-state index contributed by atoms with van der Waals surface area (Å²) < 4.78 is 5.08. The Labute approximate surface area is 61.6 Å². The summed E-state index contributed by atoms with van der Waals surface area (Å²) in [7, 11) is 0. The Morgan fingerprint density at radius 2 is 1.60 bits per heavy atom. The molecule has 3 heteroatoms. The highest BCUT2D eigenvalue weighted by Gasteiger charge is 2.26. The molecule has 0 aromatic heterocycles. The zero-order valence-corrected chi connectivity index (χ0v) is 7.01. The molecule has 0 aromatic rings. The van der Waals surface area contributed by atoms with Crippen LogP contribution in [0.5, 0.6) is 0 Å². The molecular formula is C7H16O3. The lowest BCUT2D eigenvalue weighted by molar-refractivity contribution is -0.257. The van der Waals surface area contributed by atoms with Gasteiger partial charge in [-0.25, -0.2) is 0 Å². The van der Waals surface area contributed by atoms with Crippen molar-refractivity contribution in [2.24, 2.45) is 0 Å². The molecule has 10 heavy (non-hydrogen) atoms. The quantitative estimate of drug-likeness (QED) is 0.561. The maximum atomic E-state index is 9.19. The second-order valence-electron chi connectivity index (χ2n) is 3.55. The third-order valence-corrected chi connectivity index (χ3v) is 0.819. The summed E-state index contributed by atoms with van der Waals surface area (Å²) in [5.41, 5.74) is -0.424. The van der Waals surface area contributed by atoms with Gasteiger partial charge in [-0.2, -0.15) is 0 Å². The Balaban J connectivity index is 3.89. The van der Waals surface area contributed by atoms with Crippen LogP contribution in [0.4, 0.5) is 0 Å². The molecule has 0 radical (unpaired) electrons. The second-order valence-corrected chi connectivity index (χ2v) is 3.55. The van der Waals surface area contributed by atoms with Crippen molar-refractivity contribution in [3.8, 4) is 0 Å². The first-order chi connectivity index (χ1) is 4.27. The monoisotopic (exact) mass is 148 g/mol. The van der Waals surface area contributed by atoms with Crippen molar-refractivity contribution < 1.29 is 14.9 Å². The molecule has 2 N–H and O–H groups in total.